The summed E-state index contributed by atoms with van der Waals surface area (Å²) in [4.78, 5) is 0.921. The Morgan fingerprint density at radius 1 is 1.06 bits per heavy atom. The molecule has 0 bridgehead atoms. The first kappa shape index (κ1) is 14.4. The van der Waals surface area contributed by atoms with Crippen LogP contribution in [0.25, 0.3) is 0 Å². The van der Waals surface area contributed by atoms with Gasteiger partial charge < -0.3 is 15.1 Å². The lowest BCUT2D eigenvalue weighted by Crippen LogP contribution is -2.26. The van der Waals surface area contributed by atoms with Crippen LogP contribution in [-0.4, -0.2) is 23.7 Å². The topological polar surface area (TPSA) is 43.7 Å². The van der Waals surface area contributed by atoms with Crippen molar-refractivity contribution in [3.8, 4) is 0 Å². The summed E-state index contributed by atoms with van der Waals surface area (Å²) in [7, 11) is 0. The van der Waals surface area contributed by atoms with E-state index in [2.05, 4.69) is 0 Å². The molecular weight excluding hydrogens is 282 g/mol. The minimum Gasteiger partial charge on any atom is -0.376 e. The summed E-state index contributed by atoms with van der Waals surface area (Å²) >= 11 is 11.3. The number of rotatable bonds is 3. The standard InChI is InChI=1S/C9H8Cl2F3NO2/c10-6-1-5(9(12,13)14)2-7(11)8(6)15(3-16)4-17/h1-2,16-17H,3-4H2. The number of aliphatic hydroxyl groups is 2. The lowest BCUT2D eigenvalue weighted by Gasteiger charge is -2.22. The first-order chi connectivity index (χ1) is 7.81. The molecule has 0 saturated heterocycles. The molecule has 0 fully saturated rings. The van der Waals surface area contributed by atoms with Gasteiger partial charge in [-0.1, -0.05) is 23.2 Å². The van der Waals surface area contributed by atoms with Crippen molar-refractivity contribution in [3.63, 3.8) is 0 Å². The monoisotopic (exact) mass is 289 g/mol. The van der Waals surface area contributed by atoms with Gasteiger partial charge in [0.1, 0.15) is 13.5 Å². The van der Waals surface area contributed by atoms with Crippen molar-refractivity contribution >= 4 is 28.9 Å². The lowest BCUT2D eigenvalue weighted by molar-refractivity contribution is -0.137. The molecule has 1 aromatic carbocycles. The molecule has 0 amide bonds. The molecule has 1 aromatic rings. The van der Waals surface area contributed by atoms with Gasteiger partial charge >= 0.3 is 6.18 Å². The minimum absolute atomic E-state index is 0.0497. The second-order valence-corrected chi connectivity index (χ2v) is 3.92. The maximum absolute atomic E-state index is 12.4. The quantitative estimate of drug-likeness (QED) is 0.841. The number of halogens is 5. The van der Waals surface area contributed by atoms with Gasteiger partial charge in [-0.3, -0.25) is 0 Å². The van der Waals surface area contributed by atoms with Crippen LogP contribution in [0.4, 0.5) is 18.9 Å². The van der Waals surface area contributed by atoms with Crippen LogP contribution >= 0.6 is 23.2 Å². The fourth-order valence-electron chi connectivity index (χ4n) is 1.22. The van der Waals surface area contributed by atoms with E-state index in [-0.39, 0.29) is 15.7 Å². The molecule has 0 aromatic heterocycles. The van der Waals surface area contributed by atoms with Crippen molar-refractivity contribution in [2.24, 2.45) is 0 Å². The highest BCUT2D eigenvalue weighted by Crippen LogP contribution is 2.39. The molecule has 0 aliphatic heterocycles. The molecule has 0 spiro atoms. The Labute approximate surface area is 105 Å². The fraction of sp³-hybridized carbons (Fsp3) is 0.333. The first-order valence-electron chi connectivity index (χ1n) is 4.34. The molecule has 0 saturated carbocycles. The molecule has 0 aliphatic rings. The van der Waals surface area contributed by atoms with E-state index in [1.807, 2.05) is 0 Å². The molecule has 2 N–H and O–H groups in total. The maximum atomic E-state index is 12.4. The molecule has 0 atom stereocenters. The van der Waals surface area contributed by atoms with Gasteiger partial charge in [-0.05, 0) is 12.1 Å². The van der Waals surface area contributed by atoms with Crippen LogP contribution in [0.5, 0.6) is 0 Å². The molecule has 17 heavy (non-hydrogen) atoms. The molecule has 96 valence electrons. The van der Waals surface area contributed by atoms with E-state index < -0.39 is 25.2 Å². The van der Waals surface area contributed by atoms with Gasteiger partial charge in [0.25, 0.3) is 0 Å². The zero-order valence-electron chi connectivity index (χ0n) is 8.30. The highest BCUT2D eigenvalue weighted by molar-refractivity contribution is 6.39. The number of hydrogen-bond donors (Lipinski definition) is 2. The Hall–Kier alpha value is -0.690. The van der Waals surface area contributed by atoms with E-state index in [1.54, 1.807) is 0 Å². The fourth-order valence-corrected chi connectivity index (χ4v) is 1.94. The maximum Gasteiger partial charge on any atom is 0.416 e. The van der Waals surface area contributed by atoms with Crippen molar-refractivity contribution < 1.29 is 23.4 Å². The summed E-state index contributed by atoms with van der Waals surface area (Å²) < 4.78 is 37.2. The van der Waals surface area contributed by atoms with Gasteiger partial charge in [-0.2, -0.15) is 13.2 Å². The van der Waals surface area contributed by atoms with Crippen molar-refractivity contribution in [3.05, 3.63) is 27.7 Å². The van der Waals surface area contributed by atoms with E-state index in [4.69, 9.17) is 33.4 Å². The van der Waals surface area contributed by atoms with Crippen LogP contribution in [0.3, 0.4) is 0 Å². The normalized spacial score (nSPS) is 11.7. The second kappa shape index (κ2) is 5.30. The second-order valence-electron chi connectivity index (χ2n) is 3.11. The van der Waals surface area contributed by atoms with Crippen LogP contribution in [0.15, 0.2) is 12.1 Å². The van der Waals surface area contributed by atoms with E-state index >= 15 is 0 Å². The SMILES string of the molecule is OCN(CO)c1c(Cl)cc(C(F)(F)F)cc1Cl. The van der Waals surface area contributed by atoms with E-state index in [0.29, 0.717) is 12.1 Å². The molecular formula is C9H8Cl2F3NO2. The predicted octanol–water partition coefficient (Wildman–Crippen LogP) is 2.72. The minimum atomic E-state index is -4.56. The van der Waals surface area contributed by atoms with Crippen LogP contribution < -0.4 is 4.90 Å². The smallest absolute Gasteiger partial charge is 0.376 e. The first-order valence-corrected chi connectivity index (χ1v) is 5.09. The Balaban J connectivity index is 3.28. The number of benzene rings is 1. The third kappa shape index (κ3) is 3.16. The van der Waals surface area contributed by atoms with Gasteiger partial charge in [0.15, 0.2) is 0 Å². The van der Waals surface area contributed by atoms with E-state index in [9.17, 15) is 13.2 Å². The summed E-state index contributed by atoms with van der Waals surface area (Å²) in [5, 5.41) is 17.2. The molecule has 0 heterocycles. The van der Waals surface area contributed by atoms with Gasteiger partial charge in [-0.25, -0.2) is 0 Å². The number of nitrogens with zero attached hydrogens (tertiary/aromatic N) is 1. The average Bonchev–Trinajstić information content (AvgIpc) is 2.21. The summed E-state index contributed by atoms with van der Waals surface area (Å²) in [6, 6.07) is 1.36. The molecule has 3 nitrogen and oxygen atoms in total. The Morgan fingerprint density at radius 2 is 1.47 bits per heavy atom. The van der Waals surface area contributed by atoms with E-state index in [0.717, 1.165) is 4.90 Å². The van der Waals surface area contributed by atoms with Crippen LogP contribution in [0.1, 0.15) is 5.56 Å². The van der Waals surface area contributed by atoms with Crippen LogP contribution in [0, 0.1) is 0 Å². The Kier molecular flexibility index (Phi) is 4.48. The summed E-state index contributed by atoms with van der Waals surface area (Å²) in [5.74, 6) is 0. The van der Waals surface area contributed by atoms with Crippen LogP contribution in [-0.2, 0) is 6.18 Å². The number of anilines is 1. The van der Waals surface area contributed by atoms with Gasteiger partial charge in [0.05, 0.1) is 21.3 Å². The summed E-state index contributed by atoms with van der Waals surface area (Å²) in [6.45, 7) is -1.25. The van der Waals surface area contributed by atoms with Crippen LogP contribution in [0.2, 0.25) is 10.0 Å². The highest BCUT2D eigenvalue weighted by atomic mass is 35.5. The third-order valence-electron chi connectivity index (χ3n) is 2.00. The third-order valence-corrected chi connectivity index (χ3v) is 2.58. The predicted molar refractivity (Wildman–Crippen MR) is 58.1 cm³/mol. The Morgan fingerprint density at radius 3 is 1.76 bits per heavy atom. The lowest BCUT2D eigenvalue weighted by atomic mass is 10.2. The van der Waals surface area contributed by atoms with Crippen molar-refractivity contribution in [2.75, 3.05) is 18.4 Å². The molecule has 0 unspecified atom stereocenters. The van der Waals surface area contributed by atoms with Crippen molar-refractivity contribution in [2.45, 2.75) is 6.18 Å². The summed E-state index contributed by atoms with van der Waals surface area (Å²) in [5.41, 5.74) is -1.04. The number of alkyl halides is 3. The van der Waals surface area contributed by atoms with Gasteiger partial charge in [0, 0.05) is 0 Å². The molecule has 0 radical (unpaired) electrons. The molecule has 1 rings (SSSR count). The largest absolute Gasteiger partial charge is 0.416 e. The van der Waals surface area contributed by atoms with E-state index in [1.165, 1.54) is 0 Å². The van der Waals surface area contributed by atoms with Gasteiger partial charge in [-0.15, -0.1) is 0 Å². The Bertz CT molecular complexity index is 385. The number of aliphatic hydroxyl groups excluding tert-OH is 2. The zero-order chi connectivity index (χ0) is 13.2. The van der Waals surface area contributed by atoms with Crippen molar-refractivity contribution in [1.29, 1.82) is 0 Å². The zero-order valence-corrected chi connectivity index (χ0v) is 9.81. The summed E-state index contributed by atoms with van der Waals surface area (Å²) in [6.07, 6.45) is -4.56. The molecule has 0 aliphatic carbocycles. The highest BCUT2D eigenvalue weighted by Gasteiger charge is 2.32. The van der Waals surface area contributed by atoms with Gasteiger partial charge in [0.2, 0.25) is 0 Å². The number of hydrogen-bond acceptors (Lipinski definition) is 3. The average molecular weight is 290 g/mol. The van der Waals surface area contributed by atoms with Crippen molar-refractivity contribution in [1.82, 2.24) is 0 Å². The molecule has 8 heteroatoms.